The zero-order chi connectivity index (χ0) is 10.8. The van der Waals surface area contributed by atoms with Crippen LogP contribution < -0.4 is 5.73 Å². The molecule has 0 unspecified atom stereocenters. The van der Waals surface area contributed by atoms with Crippen molar-refractivity contribution in [2.75, 3.05) is 5.73 Å². The van der Waals surface area contributed by atoms with Crippen molar-refractivity contribution in [3.05, 3.63) is 47.8 Å². The molecule has 0 amide bonds. The van der Waals surface area contributed by atoms with Crippen molar-refractivity contribution >= 4 is 5.69 Å². The summed E-state index contributed by atoms with van der Waals surface area (Å²) in [5.74, 6) is 0. The minimum Gasteiger partial charge on any atom is -0.399 e. The molecule has 0 radical (unpaired) electrons. The van der Waals surface area contributed by atoms with Crippen LogP contribution >= 0.6 is 0 Å². The van der Waals surface area contributed by atoms with Gasteiger partial charge in [-0.25, -0.2) is 0 Å². The molecule has 0 aliphatic carbocycles. The van der Waals surface area contributed by atoms with E-state index in [1.807, 2.05) is 30.6 Å². The molecular formula is C13H14N2. The summed E-state index contributed by atoms with van der Waals surface area (Å²) in [6.07, 6.45) is 3.71. The highest BCUT2D eigenvalue weighted by molar-refractivity contribution is 5.71. The van der Waals surface area contributed by atoms with Crippen LogP contribution in [0.25, 0.3) is 11.1 Å². The highest BCUT2D eigenvalue weighted by Gasteiger charge is 2.04. The lowest BCUT2D eigenvalue weighted by molar-refractivity contribution is 1.28. The quantitative estimate of drug-likeness (QED) is 0.715. The molecule has 2 rings (SSSR count). The average Bonchev–Trinajstić information content (AvgIpc) is 2.20. The first-order valence-corrected chi connectivity index (χ1v) is 4.95. The second kappa shape index (κ2) is 3.73. The van der Waals surface area contributed by atoms with E-state index < -0.39 is 0 Å². The van der Waals surface area contributed by atoms with Crippen LogP contribution in [-0.2, 0) is 0 Å². The number of hydrogen-bond donors (Lipinski definition) is 1. The van der Waals surface area contributed by atoms with Crippen molar-refractivity contribution in [2.24, 2.45) is 0 Å². The Morgan fingerprint density at radius 2 is 1.80 bits per heavy atom. The molecule has 2 aromatic rings. The lowest BCUT2D eigenvalue weighted by atomic mass is 9.98. The van der Waals surface area contributed by atoms with Crippen LogP contribution in [0.4, 0.5) is 5.69 Å². The van der Waals surface area contributed by atoms with Gasteiger partial charge in [0, 0.05) is 23.6 Å². The first kappa shape index (κ1) is 9.71. The van der Waals surface area contributed by atoms with Gasteiger partial charge in [0.15, 0.2) is 0 Å². The minimum absolute atomic E-state index is 0.804. The van der Waals surface area contributed by atoms with Crippen molar-refractivity contribution < 1.29 is 0 Å². The van der Waals surface area contributed by atoms with E-state index >= 15 is 0 Å². The maximum atomic E-state index is 5.73. The van der Waals surface area contributed by atoms with Gasteiger partial charge in [-0.1, -0.05) is 6.07 Å². The molecule has 2 nitrogen and oxygen atoms in total. The van der Waals surface area contributed by atoms with E-state index in [1.165, 1.54) is 22.3 Å². The van der Waals surface area contributed by atoms with E-state index in [2.05, 4.69) is 24.9 Å². The molecule has 0 spiro atoms. The molecule has 1 heterocycles. The molecule has 2 N–H and O–H groups in total. The number of rotatable bonds is 1. The van der Waals surface area contributed by atoms with Crippen molar-refractivity contribution in [3.8, 4) is 11.1 Å². The zero-order valence-corrected chi connectivity index (χ0v) is 8.99. The summed E-state index contributed by atoms with van der Waals surface area (Å²) in [6.45, 7) is 4.16. The number of anilines is 1. The Labute approximate surface area is 89.8 Å². The maximum Gasteiger partial charge on any atom is 0.0349 e. The summed E-state index contributed by atoms with van der Waals surface area (Å²) in [5, 5.41) is 0. The third-order valence-electron chi connectivity index (χ3n) is 2.58. The molecular weight excluding hydrogens is 184 g/mol. The summed E-state index contributed by atoms with van der Waals surface area (Å²) < 4.78 is 0. The largest absolute Gasteiger partial charge is 0.399 e. The second-order valence-electron chi connectivity index (χ2n) is 3.76. The summed E-state index contributed by atoms with van der Waals surface area (Å²) in [5.41, 5.74) is 11.3. The molecule has 1 aromatic carbocycles. The molecule has 76 valence electrons. The van der Waals surface area contributed by atoms with E-state index in [9.17, 15) is 0 Å². The zero-order valence-electron chi connectivity index (χ0n) is 8.99. The Hall–Kier alpha value is -1.83. The number of nitrogens with zero attached hydrogens (tertiary/aromatic N) is 1. The monoisotopic (exact) mass is 198 g/mol. The highest BCUT2D eigenvalue weighted by Crippen LogP contribution is 2.26. The van der Waals surface area contributed by atoms with Gasteiger partial charge in [0.05, 0.1) is 0 Å². The molecule has 0 atom stereocenters. The first-order chi connectivity index (χ1) is 7.18. The van der Waals surface area contributed by atoms with Gasteiger partial charge in [0.1, 0.15) is 0 Å². The second-order valence-corrected chi connectivity index (χ2v) is 3.76. The number of nitrogens with two attached hydrogens (primary N) is 1. The molecule has 0 aliphatic heterocycles. The molecule has 0 aliphatic rings. The SMILES string of the molecule is Cc1cc(N)ccc1-c1cnccc1C. The summed E-state index contributed by atoms with van der Waals surface area (Å²) in [4.78, 5) is 4.15. The number of hydrogen-bond acceptors (Lipinski definition) is 2. The Balaban J connectivity index is 2.60. The lowest BCUT2D eigenvalue weighted by Crippen LogP contribution is -1.91. The fraction of sp³-hybridized carbons (Fsp3) is 0.154. The lowest BCUT2D eigenvalue weighted by Gasteiger charge is -2.09. The topological polar surface area (TPSA) is 38.9 Å². The third kappa shape index (κ3) is 1.84. The van der Waals surface area contributed by atoms with Crippen LogP contribution in [0.3, 0.4) is 0 Å². The summed E-state index contributed by atoms with van der Waals surface area (Å²) >= 11 is 0. The van der Waals surface area contributed by atoms with Crippen LogP contribution in [0.1, 0.15) is 11.1 Å². The molecule has 0 saturated carbocycles. The highest BCUT2D eigenvalue weighted by atomic mass is 14.6. The maximum absolute atomic E-state index is 5.73. The number of aryl methyl sites for hydroxylation is 2. The summed E-state index contributed by atoms with van der Waals surface area (Å²) in [6, 6.07) is 7.98. The number of aromatic nitrogens is 1. The van der Waals surface area contributed by atoms with Crippen LogP contribution in [0.5, 0.6) is 0 Å². The Morgan fingerprint density at radius 1 is 1.00 bits per heavy atom. The predicted molar refractivity (Wildman–Crippen MR) is 63.6 cm³/mol. The number of benzene rings is 1. The van der Waals surface area contributed by atoms with Gasteiger partial charge in [0.2, 0.25) is 0 Å². The average molecular weight is 198 g/mol. The summed E-state index contributed by atoms with van der Waals surface area (Å²) in [7, 11) is 0. The van der Waals surface area contributed by atoms with Crippen LogP contribution in [0.2, 0.25) is 0 Å². The Bertz CT molecular complexity index is 490. The van der Waals surface area contributed by atoms with Gasteiger partial charge < -0.3 is 5.73 Å². The van der Waals surface area contributed by atoms with Crippen LogP contribution in [0.15, 0.2) is 36.7 Å². The normalized spacial score (nSPS) is 10.3. The molecule has 1 aromatic heterocycles. The fourth-order valence-electron chi connectivity index (χ4n) is 1.74. The third-order valence-corrected chi connectivity index (χ3v) is 2.58. The number of nitrogen functional groups attached to an aromatic ring is 1. The Morgan fingerprint density at radius 3 is 2.47 bits per heavy atom. The Kier molecular flexibility index (Phi) is 2.42. The molecule has 2 heteroatoms. The molecule has 0 bridgehead atoms. The number of pyridine rings is 1. The van der Waals surface area contributed by atoms with Gasteiger partial charge in [-0.15, -0.1) is 0 Å². The van der Waals surface area contributed by atoms with Crippen LogP contribution in [-0.4, -0.2) is 4.98 Å². The van der Waals surface area contributed by atoms with Crippen molar-refractivity contribution in [2.45, 2.75) is 13.8 Å². The standard InChI is InChI=1S/C13H14N2/c1-9-5-6-15-8-13(9)12-4-3-11(14)7-10(12)2/h3-8H,14H2,1-2H3. The smallest absolute Gasteiger partial charge is 0.0349 e. The van der Waals surface area contributed by atoms with E-state index in [0.29, 0.717) is 0 Å². The van der Waals surface area contributed by atoms with Gasteiger partial charge in [-0.05, 0) is 48.7 Å². The molecule has 0 saturated heterocycles. The fourth-order valence-corrected chi connectivity index (χ4v) is 1.74. The van der Waals surface area contributed by atoms with E-state index in [0.717, 1.165) is 5.69 Å². The predicted octanol–water partition coefficient (Wildman–Crippen LogP) is 2.95. The van der Waals surface area contributed by atoms with Gasteiger partial charge in [-0.2, -0.15) is 0 Å². The van der Waals surface area contributed by atoms with Gasteiger partial charge >= 0.3 is 0 Å². The van der Waals surface area contributed by atoms with Crippen molar-refractivity contribution in [1.82, 2.24) is 4.98 Å². The van der Waals surface area contributed by atoms with Crippen molar-refractivity contribution in [3.63, 3.8) is 0 Å². The molecule has 0 fully saturated rings. The van der Waals surface area contributed by atoms with Gasteiger partial charge in [0.25, 0.3) is 0 Å². The van der Waals surface area contributed by atoms with Crippen molar-refractivity contribution in [1.29, 1.82) is 0 Å². The van der Waals surface area contributed by atoms with Gasteiger partial charge in [-0.3, -0.25) is 4.98 Å². The molecule has 15 heavy (non-hydrogen) atoms. The van der Waals surface area contributed by atoms with E-state index in [4.69, 9.17) is 5.73 Å². The van der Waals surface area contributed by atoms with E-state index in [-0.39, 0.29) is 0 Å². The van der Waals surface area contributed by atoms with E-state index in [1.54, 1.807) is 0 Å². The minimum atomic E-state index is 0.804. The van der Waals surface area contributed by atoms with Crippen LogP contribution in [0, 0.1) is 13.8 Å². The first-order valence-electron chi connectivity index (χ1n) is 4.95.